The predicted octanol–water partition coefficient (Wildman–Crippen LogP) is 1.91. The number of aliphatic hydroxyl groups excluding tert-OH is 1. The number of methoxy groups -OCH3 is 1. The molecule has 0 aromatic heterocycles. The highest BCUT2D eigenvalue weighted by atomic mass is 16.6. The Balaban J connectivity index is 1.70. The molecule has 1 aromatic rings. The minimum atomic E-state index is -0.511. The molecular formula is C17H21NO5. The van der Waals surface area contributed by atoms with Gasteiger partial charge in [-0.25, -0.2) is 4.79 Å². The summed E-state index contributed by atoms with van der Waals surface area (Å²) in [7, 11) is 1.32. The van der Waals surface area contributed by atoms with Gasteiger partial charge >= 0.3 is 5.97 Å². The first-order valence-corrected chi connectivity index (χ1v) is 7.63. The van der Waals surface area contributed by atoms with E-state index in [2.05, 4.69) is 4.90 Å². The Morgan fingerprint density at radius 2 is 2.13 bits per heavy atom. The van der Waals surface area contributed by atoms with Crippen LogP contribution in [0.1, 0.15) is 13.3 Å². The summed E-state index contributed by atoms with van der Waals surface area (Å²) in [5.74, 6) is 1.11. The summed E-state index contributed by atoms with van der Waals surface area (Å²) in [6.07, 6.45) is 0.429. The molecule has 0 bridgehead atoms. The topological polar surface area (TPSA) is 68.2 Å². The number of esters is 1. The molecule has 6 heteroatoms. The maximum absolute atomic E-state index is 11.7. The Kier molecular flexibility index (Phi) is 4.17. The van der Waals surface area contributed by atoms with E-state index < -0.39 is 11.6 Å². The Morgan fingerprint density at radius 3 is 2.87 bits per heavy atom. The summed E-state index contributed by atoms with van der Waals surface area (Å²) in [5, 5.41) is 9.88. The molecule has 23 heavy (non-hydrogen) atoms. The van der Waals surface area contributed by atoms with Crippen LogP contribution in [0.3, 0.4) is 0 Å². The molecule has 6 nitrogen and oxygen atoms in total. The third-order valence-electron chi connectivity index (χ3n) is 4.12. The van der Waals surface area contributed by atoms with Crippen molar-refractivity contribution in [2.75, 3.05) is 33.4 Å². The van der Waals surface area contributed by atoms with Gasteiger partial charge in [-0.3, -0.25) is 4.90 Å². The number of carbonyl (C=O) groups excluding carboxylic acids is 1. The van der Waals surface area contributed by atoms with Crippen LogP contribution in [-0.2, 0) is 9.53 Å². The fourth-order valence-electron chi connectivity index (χ4n) is 2.98. The van der Waals surface area contributed by atoms with E-state index in [-0.39, 0.29) is 5.76 Å². The molecule has 1 aromatic carbocycles. The van der Waals surface area contributed by atoms with Crippen molar-refractivity contribution in [3.63, 3.8) is 0 Å². The van der Waals surface area contributed by atoms with Crippen molar-refractivity contribution >= 4 is 5.97 Å². The molecular weight excluding hydrogens is 298 g/mol. The fourth-order valence-corrected chi connectivity index (χ4v) is 2.98. The van der Waals surface area contributed by atoms with Gasteiger partial charge in [-0.2, -0.15) is 0 Å². The summed E-state index contributed by atoms with van der Waals surface area (Å²) in [5.41, 5.74) is -0.192. The molecule has 0 saturated carbocycles. The zero-order chi connectivity index (χ0) is 16.4. The molecule has 3 rings (SSSR count). The molecule has 2 aliphatic rings. The van der Waals surface area contributed by atoms with E-state index in [1.165, 1.54) is 7.11 Å². The number of para-hydroxylation sites is 2. The number of nitrogens with zero attached hydrogens (tertiary/aromatic N) is 1. The molecule has 0 amide bonds. The van der Waals surface area contributed by atoms with Gasteiger partial charge in [0, 0.05) is 26.1 Å². The molecule has 0 aliphatic carbocycles. The van der Waals surface area contributed by atoms with Gasteiger partial charge in [0.25, 0.3) is 0 Å². The van der Waals surface area contributed by atoms with Gasteiger partial charge in [0.2, 0.25) is 0 Å². The summed E-state index contributed by atoms with van der Waals surface area (Å²) < 4.78 is 16.6. The van der Waals surface area contributed by atoms with Crippen LogP contribution >= 0.6 is 0 Å². The van der Waals surface area contributed by atoms with E-state index in [0.29, 0.717) is 38.2 Å². The number of fused-ring (bicyclic) bond motifs is 1. The zero-order valence-corrected chi connectivity index (χ0v) is 13.4. The number of benzene rings is 1. The van der Waals surface area contributed by atoms with Crippen LogP contribution < -0.4 is 9.47 Å². The smallest absolute Gasteiger partial charge is 0.338 e. The number of ether oxygens (including phenoxy) is 3. The third-order valence-corrected chi connectivity index (χ3v) is 4.12. The van der Waals surface area contributed by atoms with Crippen molar-refractivity contribution in [1.29, 1.82) is 0 Å². The second-order valence-corrected chi connectivity index (χ2v) is 6.16. The minimum absolute atomic E-state index is 0.115. The molecule has 1 unspecified atom stereocenters. The van der Waals surface area contributed by atoms with E-state index >= 15 is 0 Å². The summed E-state index contributed by atoms with van der Waals surface area (Å²) in [6.45, 7) is 4.02. The normalized spacial score (nSPS) is 24.4. The second kappa shape index (κ2) is 6.12. The lowest BCUT2D eigenvalue weighted by Crippen LogP contribution is -2.52. The first-order chi connectivity index (χ1) is 11.0. The second-order valence-electron chi connectivity index (χ2n) is 6.16. The Morgan fingerprint density at radius 1 is 1.39 bits per heavy atom. The summed E-state index contributed by atoms with van der Waals surface area (Å²) in [6, 6.07) is 7.58. The molecule has 0 radical (unpaired) electrons. The molecule has 2 heterocycles. The van der Waals surface area contributed by atoms with E-state index in [0.717, 1.165) is 11.5 Å². The van der Waals surface area contributed by atoms with E-state index in [4.69, 9.17) is 14.2 Å². The van der Waals surface area contributed by atoms with Gasteiger partial charge in [-0.15, -0.1) is 0 Å². The summed E-state index contributed by atoms with van der Waals surface area (Å²) in [4.78, 5) is 13.8. The van der Waals surface area contributed by atoms with E-state index in [9.17, 15) is 9.90 Å². The Labute approximate surface area is 135 Å². The molecule has 1 atom stereocenters. The van der Waals surface area contributed by atoms with Gasteiger partial charge < -0.3 is 19.3 Å². The number of hydrogen-bond donors (Lipinski definition) is 1. The molecule has 0 fully saturated rings. The van der Waals surface area contributed by atoms with Crippen LogP contribution in [0.25, 0.3) is 0 Å². The largest absolute Gasteiger partial charge is 0.512 e. The van der Waals surface area contributed by atoms with Crippen molar-refractivity contribution in [2.45, 2.75) is 18.9 Å². The SMILES string of the molecule is COC(=O)C1=C(O)CCN(CC2(C)COc3ccccc3O2)C1. The lowest BCUT2D eigenvalue weighted by Gasteiger charge is -2.40. The Hall–Kier alpha value is -2.21. The average molecular weight is 319 g/mol. The van der Waals surface area contributed by atoms with Gasteiger partial charge in [0.1, 0.15) is 12.4 Å². The monoisotopic (exact) mass is 319 g/mol. The first kappa shape index (κ1) is 15.7. The van der Waals surface area contributed by atoms with Crippen molar-refractivity contribution in [3.8, 4) is 11.5 Å². The number of carbonyl (C=O) groups is 1. The standard InChI is InChI=1S/C17H21NO5/c1-17(11-22-14-5-3-4-6-15(14)23-17)10-18-8-7-13(19)12(9-18)16(20)21-2/h3-6,19H,7-11H2,1-2H3. The predicted molar refractivity (Wildman–Crippen MR) is 83.7 cm³/mol. The average Bonchev–Trinajstić information content (AvgIpc) is 2.55. The number of rotatable bonds is 3. The van der Waals surface area contributed by atoms with Crippen LogP contribution in [0, 0.1) is 0 Å². The van der Waals surface area contributed by atoms with Crippen LogP contribution in [0.2, 0.25) is 0 Å². The fraction of sp³-hybridized carbons (Fsp3) is 0.471. The summed E-state index contributed by atoms with van der Waals surface area (Å²) >= 11 is 0. The van der Waals surface area contributed by atoms with Crippen LogP contribution in [0.5, 0.6) is 11.5 Å². The molecule has 2 aliphatic heterocycles. The van der Waals surface area contributed by atoms with E-state index in [1.807, 2.05) is 31.2 Å². The highest BCUT2D eigenvalue weighted by Gasteiger charge is 2.36. The van der Waals surface area contributed by atoms with Gasteiger partial charge in [0.15, 0.2) is 17.1 Å². The number of hydrogen-bond acceptors (Lipinski definition) is 6. The molecule has 124 valence electrons. The highest BCUT2D eigenvalue weighted by molar-refractivity contribution is 5.89. The number of aliphatic hydroxyl groups is 1. The van der Waals surface area contributed by atoms with Gasteiger partial charge in [-0.05, 0) is 19.1 Å². The Bertz CT molecular complexity index is 642. The van der Waals surface area contributed by atoms with Gasteiger partial charge in [-0.1, -0.05) is 12.1 Å². The zero-order valence-electron chi connectivity index (χ0n) is 13.4. The van der Waals surface area contributed by atoms with Crippen molar-refractivity contribution in [3.05, 3.63) is 35.6 Å². The first-order valence-electron chi connectivity index (χ1n) is 7.63. The molecule has 1 N–H and O–H groups in total. The van der Waals surface area contributed by atoms with Crippen LogP contribution in [-0.4, -0.2) is 54.9 Å². The lowest BCUT2D eigenvalue weighted by molar-refractivity contribution is -0.137. The maximum atomic E-state index is 11.7. The highest BCUT2D eigenvalue weighted by Crippen LogP contribution is 2.35. The molecule has 0 saturated heterocycles. The van der Waals surface area contributed by atoms with Crippen molar-refractivity contribution < 1.29 is 24.1 Å². The minimum Gasteiger partial charge on any atom is -0.512 e. The molecule has 0 spiro atoms. The third kappa shape index (κ3) is 3.27. The quantitative estimate of drug-likeness (QED) is 0.858. The van der Waals surface area contributed by atoms with Crippen LogP contribution in [0.4, 0.5) is 0 Å². The van der Waals surface area contributed by atoms with E-state index in [1.54, 1.807) is 0 Å². The van der Waals surface area contributed by atoms with Crippen molar-refractivity contribution in [1.82, 2.24) is 4.90 Å². The van der Waals surface area contributed by atoms with Crippen LogP contribution in [0.15, 0.2) is 35.6 Å². The maximum Gasteiger partial charge on any atom is 0.338 e. The van der Waals surface area contributed by atoms with Gasteiger partial charge in [0.05, 0.1) is 12.7 Å². The lowest BCUT2D eigenvalue weighted by atomic mass is 10.0. The van der Waals surface area contributed by atoms with Crippen molar-refractivity contribution in [2.24, 2.45) is 0 Å².